The van der Waals surface area contributed by atoms with E-state index < -0.39 is 77.5 Å². The highest BCUT2D eigenvalue weighted by Gasteiger charge is 2.52. The molecule has 1 aromatic carbocycles. The van der Waals surface area contributed by atoms with Crippen molar-refractivity contribution in [2.75, 3.05) is 6.61 Å². The summed E-state index contributed by atoms with van der Waals surface area (Å²) in [6.07, 6.45) is -6.64. The highest BCUT2D eigenvalue weighted by Crippen LogP contribution is 2.31. The van der Waals surface area contributed by atoms with E-state index in [0.717, 1.165) is 5.56 Å². The van der Waals surface area contributed by atoms with Gasteiger partial charge in [0, 0.05) is 0 Å². The monoisotopic (exact) mass is 565 g/mol. The van der Waals surface area contributed by atoms with Gasteiger partial charge in [-0.1, -0.05) is 30.3 Å². The fraction of sp³-hybridized carbons (Fsp3) is 0.655. The Morgan fingerprint density at radius 3 is 1.77 bits per heavy atom. The molecule has 1 aliphatic heterocycles. The fourth-order valence-corrected chi connectivity index (χ4v) is 3.37. The molecule has 0 bridgehead atoms. The van der Waals surface area contributed by atoms with Crippen LogP contribution in [0.2, 0.25) is 0 Å². The molecule has 1 heterocycles. The molecule has 11 nitrogen and oxygen atoms in total. The van der Waals surface area contributed by atoms with Crippen LogP contribution in [0.5, 0.6) is 0 Å². The van der Waals surface area contributed by atoms with E-state index in [4.69, 9.17) is 23.7 Å². The Labute approximate surface area is 235 Å². The zero-order valence-corrected chi connectivity index (χ0v) is 24.8. The van der Waals surface area contributed by atoms with Crippen LogP contribution in [0, 0.1) is 16.2 Å². The summed E-state index contributed by atoms with van der Waals surface area (Å²) in [4.78, 5) is 51.2. The van der Waals surface area contributed by atoms with Gasteiger partial charge in [-0.3, -0.25) is 14.4 Å². The molecular weight excluding hydrogens is 522 g/mol. The second kappa shape index (κ2) is 13.0. The number of esters is 3. The largest absolute Gasteiger partial charge is 0.462 e. The summed E-state index contributed by atoms with van der Waals surface area (Å²) < 4.78 is 27.9. The molecule has 1 amide bonds. The third-order valence-electron chi connectivity index (χ3n) is 5.86. The average molecular weight is 566 g/mol. The van der Waals surface area contributed by atoms with Crippen molar-refractivity contribution < 1.29 is 48.0 Å². The smallest absolute Gasteiger partial charge is 0.407 e. The van der Waals surface area contributed by atoms with Gasteiger partial charge in [-0.05, 0) is 67.9 Å². The van der Waals surface area contributed by atoms with Gasteiger partial charge in [0.05, 0.1) is 16.2 Å². The van der Waals surface area contributed by atoms with Crippen molar-refractivity contribution in [2.24, 2.45) is 16.2 Å². The molecule has 0 aliphatic carbocycles. The lowest BCUT2D eigenvalue weighted by Crippen LogP contribution is -2.67. The first-order chi connectivity index (χ1) is 18.3. The van der Waals surface area contributed by atoms with Gasteiger partial charge < -0.3 is 34.1 Å². The highest BCUT2D eigenvalue weighted by atomic mass is 16.7. The Balaban J connectivity index is 2.39. The van der Waals surface area contributed by atoms with E-state index in [1.54, 1.807) is 86.6 Å². The quantitative estimate of drug-likeness (QED) is 0.372. The number of nitrogens with one attached hydrogen (secondary N) is 1. The van der Waals surface area contributed by atoms with Crippen LogP contribution in [-0.4, -0.2) is 66.4 Å². The number of hydrogen-bond acceptors (Lipinski definition) is 10. The molecule has 1 aromatic rings. The number of ether oxygens (including phenoxy) is 5. The second-order valence-electron chi connectivity index (χ2n) is 12.9. The van der Waals surface area contributed by atoms with Crippen LogP contribution < -0.4 is 5.32 Å². The number of benzene rings is 1. The van der Waals surface area contributed by atoms with E-state index in [1.165, 1.54) is 0 Å². The molecule has 0 spiro atoms. The van der Waals surface area contributed by atoms with Crippen molar-refractivity contribution in [3.63, 3.8) is 0 Å². The lowest BCUT2D eigenvalue weighted by atomic mass is 9.93. The number of carbonyl (C=O) groups excluding carboxylic acids is 4. The van der Waals surface area contributed by atoms with Crippen LogP contribution in [-0.2, 0) is 44.7 Å². The number of aliphatic hydroxyl groups excluding tert-OH is 1. The van der Waals surface area contributed by atoms with Crippen molar-refractivity contribution in [3.05, 3.63) is 35.9 Å². The minimum atomic E-state index is -1.73. The Hall–Kier alpha value is -3.18. The second-order valence-corrected chi connectivity index (χ2v) is 12.9. The average Bonchev–Trinajstić information content (AvgIpc) is 2.83. The lowest BCUT2D eigenvalue weighted by molar-refractivity contribution is -0.268. The Kier molecular flexibility index (Phi) is 10.7. The maximum atomic E-state index is 13.0. The van der Waals surface area contributed by atoms with Crippen molar-refractivity contribution in [1.82, 2.24) is 5.32 Å². The number of carbonyl (C=O) groups is 4. The van der Waals surface area contributed by atoms with E-state index in [1.807, 2.05) is 6.07 Å². The number of hydrogen-bond donors (Lipinski definition) is 2. The lowest BCUT2D eigenvalue weighted by Gasteiger charge is -2.44. The first-order valence-electron chi connectivity index (χ1n) is 13.2. The zero-order valence-electron chi connectivity index (χ0n) is 24.8. The maximum Gasteiger partial charge on any atom is 0.407 e. The van der Waals surface area contributed by atoms with Crippen molar-refractivity contribution >= 4 is 24.0 Å². The Morgan fingerprint density at radius 2 is 1.27 bits per heavy atom. The normalized spacial score (nSPS) is 23.5. The van der Waals surface area contributed by atoms with Gasteiger partial charge in [0.25, 0.3) is 0 Å². The first-order valence-corrected chi connectivity index (χ1v) is 13.2. The molecule has 11 heteroatoms. The molecule has 224 valence electrons. The maximum absolute atomic E-state index is 13.0. The minimum Gasteiger partial charge on any atom is -0.462 e. The van der Waals surface area contributed by atoms with E-state index in [0.29, 0.717) is 0 Å². The number of aliphatic hydroxyl groups is 1. The predicted octanol–water partition coefficient (Wildman–Crippen LogP) is 3.50. The highest BCUT2D eigenvalue weighted by molar-refractivity contribution is 5.77. The molecule has 2 N–H and O–H groups in total. The van der Waals surface area contributed by atoms with Gasteiger partial charge in [-0.15, -0.1) is 0 Å². The molecule has 0 saturated carbocycles. The molecule has 40 heavy (non-hydrogen) atoms. The molecule has 1 fully saturated rings. The number of rotatable bonds is 7. The zero-order chi connectivity index (χ0) is 30.5. The van der Waals surface area contributed by atoms with Gasteiger partial charge >= 0.3 is 24.0 Å². The van der Waals surface area contributed by atoms with Gasteiger partial charge in [-0.2, -0.15) is 0 Å². The molecule has 0 radical (unpaired) electrons. The van der Waals surface area contributed by atoms with E-state index >= 15 is 0 Å². The predicted molar refractivity (Wildman–Crippen MR) is 144 cm³/mol. The topological polar surface area (TPSA) is 147 Å². The van der Waals surface area contributed by atoms with Gasteiger partial charge in [0.1, 0.15) is 25.4 Å². The molecule has 1 aliphatic rings. The van der Waals surface area contributed by atoms with E-state index in [9.17, 15) is 24.3 Å². The summed E-state index contributed by atoms with van der Waals surface area (Å²) in [6, 6.07) is 7.55. The van der Waals surface area contributed by atoms with Crippen LogP contribution in [0.1, 0.15) is 67.9 Å². The summed E-state index contributed by atoms with van der Waals surface area (Å²) >= 11 is 0. The molecule has 1 unspecified atom stereocenters. The molecule has 5 atom stereocenters. The minimum absolute atomic E-state index is 0.0589. The van der Waals surface area contributed by atoms with Crippen LogP contribution >= 0.6 is 0 Å². The standard InChI is InChI=1S/C29H43NO10/c1-27(2,3)23(32)36-16-18-20(39-24(33)28(4,5)6)21(40-25(34)29(7,8)9)19(22(31)38-18)30-26(35)37-15-17-13-11-10-12-14-17/h10-14,18-22,31H,15-16H2,1-9H3,(H,30,35)/t18-,19-,20-,21-,22?/m1/s1. The summed E-state index contributed by atoms with van der Waals surface area (Å²) in [5.41, 5.74) is -2.05. The molecule has 0 aromatic heterocycles. The number of alkyl carbamates (subject to hydrolysis) is 1. The van der Waals surface area contributed by atoms with Gasteiger partial charge in [0.2, 0.25) is 0 Å². The van der Waals surface area contributed by atoms with Crippen LogP contribution in [0.3, 0.4) is 0 Å². The molecular formula is C29H43NO10. The summed E-state index contributed by atoms with van der Waals surface area (Å²) in [5, 5.41) is 13.4. The van der Waals surface area contributed by atoms with E-state index in [-0.39, 0.29) is 6.61 Å². The first kappa shape index (κ1) is 33.0. The third-order valence-corrected chi connectivity index (χ3v) is 5.86. The summed E-state index contributed by atoms with van der Waals surface area (Å²) in [5.74, 6) is -1.90. The summed E-state index contributed by atoms with van der Waals surface area (Å²) in [6.45, 7) is 14.3. The van der Waals surface area contributed by atoms with E-state index in [2.05, 4.69) is 5.32 Å². The summed E-state index contributed by atoms with van der Waals surface area (Å²) in [7, 11) is 0. The van der Waals surface area contributed by atoms with Gasteiger partial charge in [-0.25, -0.2) is 4.79 Å². The SMILES string of the molecule is CC(C)(C)C(=O)OC[C@H]1OC(O)[C@H](NC(=O)OCc2ccccc2)[C@@H](OC(=O)C(C)(C)C)[C@@H]1OC(=O)C(C)(C)C. The Morgan fingerprint density at radius 1 is 0.775 bits per heavy atom. The molecule has 2 rings (SSSR count). The molecule has 1 saturated heterocycles. The number of amides is 1. The van der Waals surface area contributed by atoms with Crippen LogP contribution in [0.4, 0.5) is 4.79 Å². The van der Waals surface area contributed by atoms with Crippen molar-refractivity contribution in [2.45, 2.75) is 99.6 Å². The van der Waals surface area contributed by atoms with Gasteiger partial charge in [0.15, 0.2) is 18.5 Å². The van der Waals surface area contributed by atoms with Crippen molar-refractivity contribution in [3.8, 4) is 0 Å². The fourth-order valence-electron chi connectivity index (χ4n) is 3.37. The Bertz CT molecular complexity index is 1040. The van der Waals surface area contributed by atoms with Crippen LogP contribution in [0.15, 0.2) is 30.3 Å². The van der Waals surface area contributed by atoms with Crippen LogP contribution in [0.25, 0.3) is 0 Å². The third kappa shape index (κ3) is 9.48. The van der Waals surface area contributed by atoms with Crippen molar-refractivity contribution in [1.29, 1.82) is 0 Å².